The fourth-order valence-corrected chi connectivity index (χ4v) is 3.00. The summed E-state index contributed by atoms with van der Waals surface area (Å²) in [6.07, 6.45) is 0.356. The zero-order chi connectivity index (χ0) is 18.5. The van der Waals surface area contributed by atoms with Crippen LogP contribution in [0.1, 0.15) is 12.0 Å². The Morgan fingerprint density at radius 1 is 1.12 bits per heavy atom. The molecule has 1 atom stereocenters. The Morgan fingerprint density at radius 2 is 1.81 bits per heavy atom. The number of amides is 3. The van der Waals surface area contributed by atoms with Gasteiger partial charge in [-0.05, 0) is 42.0 Å². The molecule has 3 amide bonds. The number of benzene rings is 2. The number of carbonyl (C=O) groups excluding carboxylic acids is 2. The maximum absolute atomic E-state index is 13.0. The van der Waals surface area contributed by atoms with E-state index in [1.807, 2.05) is 12.1 Å². The topological polar surface area (TPSA) is 61.4 Å². The molecule has 26 heavy (non-hydrogen) atoms. The lowest BCUT2D eigenvalue weighted by Gasteiger charge is -2.17. The van der Waals surface area contributed by atoms with E-state index in [0.29, 0.717) is 36.8 Å². The van der Waals surface area contributed by atoms with E-state index < -0.39 is 0 Å². The largest absolute Gasteiger partial charge is 0.338 e. The summed E-state index contributed by atoms with van der Waals surface area (Å²) in [6, 6.07) is 12.8. The highest BCUT2D eigenvalue weighted by molar-refractivity contribution is 6.30. The predicted molar refractivity (Wildman–Crippen MR) is 98.6 cm³/mol. The molecule has 0 bridgehead atoms. The van der Waals surface area contributed by atoms with E-state index in [9.17, 15) is 14.0 Å². The van der Waals surface area contributed by atoms with Gasteiger partial charge in [0, 0.05) is 42.7 Å². The number of hydrogen-bond donors (Lipinski definition) is 2. The van der Waals surface area contributed by atoms with Crippen LogP contribution in [0.2, 0.25) is 5.02 Å². The van der Waals surface area contributed by atoms with Gasteiger partial charge in [-0.2, -0.15) is 0 Å². The number of urea groups is 1. The lowest BCUT2D eigenvalue weighted by atomic mass is 10.1. The molecule has 2 N–H and O–H groups in total. The zero-order valence-corrected chi connectivity index (χ0v) is 14.8. The van der Waals surface area contributed by atoms with Crippen molar-refractivity contribution in [3.8, 4) is 0 Å². The Bertz CT molecular complexity index is 780. The number of halogens is 2. The van der Waals surface area contributed by atoms with Gasteiger partial charge in [0.15, 0.2) is 0 Å². The third-order valence-corrected chi connectivity index (χ3v) is 4.51. The van der Waals surface area contributed by atoms with E-state index in [1.54, 1.807) is 29.2 Å². The lowest BCUT2D eigenvalue weighted by molar-refractivity contribution is -0.117. The summed E-state index contributed by atoms with van der Waals surface area (Å²) < 4.78 is 13.0. The van der Waals surface area contributed by atoms with Crippen molar-refractivity contribution in [1.82, 2.24) is 10.6 Å². The van der Waals surface area contributed by atoms with Gasteiger partial charge >= 0.3 is 6.03 Å². The van der Waals surface area contributed by atoms with Crippen molar-refractivity contribution in [2.75, 3.05) is 18.0 Å². The van der Waals surface area contributed by atoms with Gasteiger partial charge in [0.1, 0.15) is 5.82 Å². The highest BCUT2D eigenvalue weighted by atomic mass is 35.5. The molecule has 2 aromatic carbocycles. The summed E-state index contributed by atoms with van der Waals surface area (Å²) in [5, 5.41) is 6.21. The molecule has 3 rings (SSSR count). The first kappa shape index (κ1) is 18.2. The highest BCUT2D eigenvalue weighted by Gasteiger charge is 2.30. The van der Waals surface area contributed by atoms with Gasteiger partial charge in [-0.1, -0.05) is 23.7 Å². The lowest BCUT2D eigenvalue weighted by Crippen LogP contribution is -2.38. The molecule has 1 aliphatic rings. The first-order chi connectivity index (χ1) is 12.5. The summed E-state index contributed by atoms with van der Waals surface area (Å²) in [5.41, 5.74) is 1.62. The van der Waals surface area contributed by atoms with E-state index in [1.165, 1.54) is 12.1 Å². The summed E-state index contributed by atoms with van der Waals surface area (Å²) in [7, 11) is 0. The third kappa shape index (κ3) is 4.73. The minimum Gasteiger partial charge on any atom is -0.338 e. The van der Waals surface area contributed by atoms with Crippen LogP contribution in [0.15, 0.2) is 48.5 Å². The predicted octanol–water partition coefficient (Wildman–Crippen LogP) is 3.33. The fourth-order valence-electron chi connectivity index (χ4n) is 2.87. The molecule has 136 valence electrons. The Labute approximate surface area is 156 Å². The van der Waals surface area contributed by atoms with Crippen LogP contribution in [0.25, 0.3) is 0 Å². The SMILES string of the molecule is O=C(NCc1ccc(Cl)cc1)NC[C@@H]1CC(=O)N(c2ccc(F)cc2)C1. The Balaban J connectivity index is 1.44. The van der Waals surface area contributed by atoms with Crippen LogP contribution in [0.3, 0.4) is 0 Å². The third-order valence-electron chi connectivity index (χ3n) is 4.26. The van der Waals surface area contributed by atoms with E-state index in [4.69, 9.17) is 11.6 Å². The molecule has 0 spiro atoms. The van der Waals surface area contributed by atoms with Crippen molar-refractivity contribution in [1.29, 1.82) is 0 Å². The Kier molecular flexibility index (Phi) is 5.73. The maximum Gasteiger partial charge on any atom is 0.315 e. The quantitative estimate of drug-likeness (QED) is 0.842. The van der Waals surface area contributed by atoms with Crippen LogP contribution in [0, 0.1) is 11.7 Å². The van der Waals surface area contributed by atoms with Crippen LogP contribution >= 0.6 is 11.6 Å². The highest BCUT2D eigenvalue weighted by Crippen LogP contribution is 2.24. The smallest absolute Gasteiger partial charge is 0.315 e. The van der Waals surface area contributed by atoms with Crippen molar-refractivity contribution in [3.05, 3.63) is 64.9 Å². The van der Waals surface area contributed by atoms with Gasteiger partial charge in [-0.15, -0.1) is 0 Å². The van der Waals surface area contributed by atoms with E-state index in [0.717, 1.165) is 5.56 Å². The van der Waals surface area contributed by atoms with E-state index in [-0.39, 0.29) is 23.7 Å². The number of anilines is 1. The van der Waals surface area contributed by atoms with Crippen molar-refractivity contribution in [2.24, 2.45) is 5.92 Å². The number of nitrogens with one attached hydrogen (secondary N) is 2. The van der Waals surface area contributed by atoms with Crippen LogP contribution in [0.5, 0.6) is 0 Å². The van der Waals surface area contributed by atoms with Gasteiger partial charge < -0.3 is 15.5 Å². The molecule has 1 fully saturated rings. The van der Waals surface area contributed by atoms with E-state index >= 15 is 0 Å². The van der Waals surface area contributed by atoms with Gasteiger partial charge in [0.25, 0.3) is 0 Å². The zero-order valence-electron chi connectivity index (χ0n) is 14.0. The van der Waals surface area contributed by atoms with Crippen molar-refractivity contribution in [3.63, 3.8) is 0 Å². The van der Waals surface area contributed by atoms with Gasteiger partial charge in [-0.3, -0.25) is 4.79 Å². The van der Waals surface area contributed by atoms with Gasteiger partial charge in [0.2, 0.25) is 5.91 Å². The first-order valence-corrected chi connectivity index (χ1v) is 8.71. The molecule has 2 aromatic rings. The first-order valence-electron chi connectivity index (χ1n) is 8.33. The molecular formula is C19H19ClFN3O2. The number of nitrogens with zero attached hydrogens (tertiary/aromatic N) is 1. The van der Waals surface area contributed by atoms with Gasteiger partial charge in [0.05, 0.1) is 0 Å². The molecule has 0 unspecified atom stereocenters. The molecule has 1 aliphatic heterocycles. The molecule has 5 nitrogen and oxygen atoms in total. The molecule has 1 saturated heterocycles. The summed E-state index contributed by atoms with van der Waals surface area (Å²) >= 11 is 5.82. The average molecular weight is 376 g/mol. The Hall–Kier alpha value is -2.60. The molecule has 0 aliphatic carbocycles. The molecule has 1 heterocycles. The number of rotatable bonds is 5. The molecule has 0 radical (unpaired) electrons. The second kappa shape index (κ2) is 8.19. The van der Waals surface area contributed by atoms with E-state index in [2.05, 4.69) is 10.6 Å². The standard InChI is InChI=1S/C19H19ClFN3O2/c20-15-3-1-13(2-4-15)10-22-19(26)23-11-14-9-18(25)24(12-14)17-7-5-16(21)6-8-17/h1-8,14H,9-12H2,(H2,22,23,26)/t14-/m0/s1. The average Bonchev–Trinajstić information content (AvgIpc) is 3.01. The normalized spacial score (nSPS) is 16.6. The summed E-state index contributed by atoms with van der Waals surface area (Å²) in [6.45, 7) is 1.30. The number of hydrogen-bond acceptors (Lipinski definition) is 2. The monoisotopic (exact) mass is 375 g/mol. The van der Waals surface area contributed by atoms with Crippen molar-refractivity contribution in [2.45, 2.75) is 13.0 Å². The maximum atomic E-state index is 13.0. The van der Waals surface area contributed by atoms with Crippen molar-refractivity contribution >= 4 is 29.2 Å². The summed E-state index contributed by atoms with van der Waals surface area (Å²) in [5.74, 6) is -0.338. The second-order valence-electron chi connectivity index (χ2n) is 6.24. The molecule has 0 saturated carbocycles. The van der Waals surface area contributed by atoms with Crippen LogP contribution in [0.4, 0.5) is 14.9 Å². The molecule has 0 aromatic heterocycles. The fraction of sp³-hybridized carbons (Fsp3) is 0.263. The summed E-state index contributed by atoms with van der Waals surface area (Å²) in [4.78, 5) is 25.7. The van der Waals surface area contributed by atoms with Crippen LogP contribution < -0.4 is 15.5 Å². The number of carbonyl (C=O) groups is 2. The van der Waals surface area contributed by atoms with Crippen LogP contribution in [-0.4, -0.2) is 25.0 Å². The van der Waals surface area contributed by atoms with Gasteiger partial charge in [-0.25, -0.2) is 9.18 Å². The Morgan fingerprint density at radius 3 is 2.50 bits per heavy atom. The minimum atomic E-state index is -0.337. The second-order valence-corrected chi connectivity index (χ2v) is 6.68. The minimum absolute atomic E-state index is 0.0221. The molecular weight excluding hydrogens is 357 g/mol. The van der Waals surface area contributed by atoms with Crippen molar-refractivity contribution < 1.29 is 14.0 Å². The molecule has 7 heteroatoms. The van der Waals surface area contributed by atoms with Crippen LogP contribution in [-0.2, 0) is 11.3 Å².